The molecule has 2 aromatic carbocycles. The number of rotatable bonds is 11. The zero-order valence-corrected chi connectivity index (χ0v) is 29.4. The fourth-order valence-corrected chi connectivity index (χ4v) is 5.73. The van der Waals surface area contributed by atoms with Gasteiger partial charge in [-0.1, -0.05) is 107 Å². The number of hydrogen-bond donors (Lipinski definition) is 5. The summed E-state index contributed by atoms with van der Waals surface area (Å²) in [6, 6.07) is 7.41. The maximum atomic E-state index is 11.8. The van der Waals surface area contributed by atoms with Crippen molar-refractivity contribution in [1.82, 2.24) is 0 Å². The van der Waals surface area contributed by atoms with Crippen LogP contribution in [0.25, 0.3) is 0 Å². The van der Waals surface area contributed by atoms with Gasteiger partial charge in [0.1, 0.15) is 11.9 Å². The van der Waals surface area contributed by atoms with Crippen molar-refractivity contribution in [3.05, 3.63) is 63.2 Å². The van der Waals surface area contributed by atoms with Crippen molar-refractivity contribution in [2.75, 3.05) is 19.8 Å². The van der Waals surface area contributed by atoms with Crippen LogP contribution in [0, 0.1) is 5.41 Å². The van der Waals surface area contributed by atoms with E-state index >= 15 is 0 Å². The van der Waals surface area contributed by atoms with Crippen LogP contribution in [0.2, 0.25) is 0 Å². The molecule has 2 rings (SSSR count). The second-order valence-electron chi connectivity index (χ2n) is 16.6. The molecule has 45 heavy (non-hydrogen) atoms. The van der Waals surface area contributed by atoms with Gasteiger partial charge in [0.05, 0.1) is 38.1 Å². The van der Waals surface area contributed by atoms with Crippen LogP contribution in [0.3, 0.4) is 0 Å². The largest absolute Gasteiger partial charge is 0.484 e. The molecule has 1 atom stereocenters. The molecule has 0 aliphatic rings. The number of ether oxygens (including phenoxy) is 1. The molecule has 0 radical (unpaired) electrons. The van der Waals surface area contributed by atoms with Crippen molar-refractivity contribution >= 4 is 11.9 Å². The Morgan fingerprint density at radius 3 is 1.11 bits per heavy atom. The molecule has 252 valence electrons. The Kier molecular flexibility index (Phi) is 11.4. The predicted octanol–water partition coefficient (Wildman–Crippen LogP) is 6.21. The van der Waals surface area contributed by atoms with Crippen molar-refractivity contribution in [2.24, 2.45) is 5.41 Å². The molecule has 0 bridgehead atoms. The molecule has 8 nitrogen and oxygen atoms in total. The first kappa shape index (κ1) is 38.2. The monoisotopic (exact) mass is 628 g/mol. The highest BCUT2D eigenvalue weighted by molar-refractivity contribution is 5.71. The van der Waals surface area contributed by atoms with E-state index in [0.717, 1.165) is 22.3 Å². The molecule has 2 aromatic rings. The summed E-state index contributed by atoms with van der Waals surface area (Å²) in [4.78, 5) is 23.6. The third-order valence-corrected chi connectivity index (χ3v) is 8.33. The number of carboxylic acid groups (broad SMARTS) is 2. The molecule has 0 saturated carbocycles. The molecular formula is C37H56O8. The summed E-state index contributed by atoms with van der Waals surface area (Å²) in [7, 11) is 0. The number of aliphatic hydroxyl groups excluding tert-OH is 3. The SMILES string of the molecule is CC(C)(C)c1cc(CC(=O)O)cc(C(C)(C)C)c1OC(c1c(C(C)(C)C)cc(CC(=O)O)cc1C(C)(C)C)C(CO)(CO)CO. The van der Waals surface area contributed by atoms with Gasteiger partial charge in [0, 0.05) is 16.7 Å². The number of aliphatic hydroxyl groups is 3. The van der Waals surface area contributed by atoms with Gasteiger partial charge in [0.15, 0.2) is 0 Å². The van der Waals surface area contributed by atoms with E-state index in [0.29, 0.717) is 22.4 Å². The molecule has 1 unspecified atom stereocenters. The van der Waals surface area contributed by atoms with Gasteiger partial charge in [-0.15, -0.1) is 0 Å². The van der Waals surface area contributed by atoms with Crippen LogP contribution < -0.4 is 4.74 Å². The molecule has 0 saturated heterocycles. The molecule has 0 heterocycles. The van der Waals surface area contributed by atoms with Gasteiger partial charge in [0.2, 0.25) is 0 Å². The lowest BCUT2D eigenvalue weighted by atomic mass is 9.68. The van der Waals surface area contributed by atoms with E-state index in [1.807, 2.05) is 107 Å². The molecular weight excluding hydrogens is 572 g/mol. The summed E-state index contributed by atoms with van der Waals surface area (Å²) in [6.07, 6.45) is -1.43. The number of carbonyl (C=O) groups is 2. The lowest BCUT2D eigenvalue weighted by Crippen LogP contribution is -2.45. The smallest absolute Gasteiger partial charge is 0.307 e. The van der Waals surface area contributed by atoms with Gasteiger partial charge in [-0.2, -0.15) is 0 Å². The van der Waals surface area contributed by atoms with E-state index in [9.17, 15) is 35.1 Å². The molecule has 0 spiro atoms. The Bertz CT molecular complexity index is 1290. The summed E-state index contributed by atoms with van der Waals surface area (Å²) < 4.78 is 7.16. The average Bonchev–Trinajstić information content (AvgIpc) is 2.86. The van der Waals surface area contributed by atoms with Gasteiger partial charge >= 0.3 is 11.9 Å². The second kappa shape index (κ2) is 13.4. The lowest BCUT2D eigenvalue weighted by molar-refractivity contribution is -0.137. The van der Waals surface area contributed by atoms with Crippen LogP contribution >= 0.6 is 0 Å². The maximum Gasteiger partial charge on any atom is 0.307 e. The van der Waals surface area contributed by atoms with E-state index in [1.54, 1.807) is 0 Å². The van der Waals surface area contributed by atoms with Crippen LogP contribution in [-0.2, 0) is 44.1 Å². The molecule has 8 heteroatoms. The van der Waals surface area contributed by atoms with Crippen LogP contribution in [0.15, 0.2) is 24.3 Å². The molecule has 5 N–H and O–H groups in total. The number of aliphatic carboxylic acids is 2. The quantitative estimate of drug-likeness (QED) is 0.197. The highest BCUT2D eigenvalue weighted by Crippen LogP contribution is 2.50. The minimum Gasteiger partial charge on any atom is -0.484 e. The maximum absolute atomic E-state index is 11.8. The van der Waals surface area contributed by atoms with E-state index < -0.39 is 64.9 Å². The third-order valence-electron chi connectivity index (χ3n) is 8.33. The van der Waals surface area contributed by atoms with Gasteiger partial charge in [-0.25, -0.2) is 0 Å². The summed E-state index contributed by atoms with van der Waals surface area (Å²) in [5.74, 6) is -1.41. The van der Waals surface area contributed by atoms with Crippen molar-refractivity contribution in [1.29, 1.82) is 0 Å². The van der Waals surface area contributed by atoms with E-state index in [-0.39, 0.29) is 12.8 Å². The van der Waals surface area contributed by atoms with Crippen molar-refractivity contribution in [2.45, 2.75) is 124 Å². The highest BCUT2D eigenvalue weighted by atomic mass is 16.5. The summed E-state index contributed by atoms with van der Waals surface area (Å²) in [5, 5.41) is 52.1. The number of benzene rings is 2. The van der Waals surface area contributed by atoms with Crippen LogP contribution in [0.1, 0.15) is 128 Å². The fraction of sp³-hybridized carbons (Fsp3) is 0.622. The predicted molar refractivity (Wildman–Crippen MR) is 177 cm³/mol. The van der Waals surface area contributed by atoms with Crippen molar-refractivity contribution < 1.29 is 39.9 Å². The Hall–Kier alpha value is -2.94. The standard InChI is InChI=1S/C37H56O8/c1-33(2,3)24-13-22(17-28(41)42)14-25(34(4,5)6)30(24)32(37(19-38,20-39)21-40)45-31-26(35(7,8)9)15-23(18-29(43)44)16-27(31)36(10,11)12/h13-16,32,38-40H,17-21H2,1-12H3,(H,41,42)(H,43,44). The minimum absolute atomic E-state index is 0.170. The van der Waals surface area contributed by atoms with Crippen LogP contribution in [0.5, 0.6) is 5.75 Å². The topological polar surface area (TPSA) is 145 Å². The Labute approximate surface area is 269 Å². The number of hydrogen-bond acceptors (Lipinski definition) is 6. The van der Waals surface area contributed by atoms with E-state index in [1.165, 1.54) is 0 Å². The first-order valence-electron chi connectivity index (χ1n) is 15.6. The first-order chi connectivity index (χ1) is 20.3. The van der Waals surface area contributed by atoms with E-state index in [4.69, 9.17) is 4.74 Å². The first-order valence-corrected chi connectivity index (χ1v) is 15.6. The second-order valence-corrected chi connectivity index (χ2v) is 16.6. The lowest BCUT2D eigenvalue weighted by Gasteiger charge is -2.43. The Morgan fingerprint density at radius 1 is 0.578 bits per heavy atom. The van der Waals surface area contributed by atoms with Crippen LogP contribution in [0.4, 0.5) is 0 Å². The molecule has 0 aromatic heterocycles. The average molecular weight is 629 g/mol. The van der Waals surface area contributed by atoms with Gasteiger partial charge in [-0.05, 0) is 43.9 Å². The van der Waals surface area contributed by atoms with Crippen molar-refractivity contribution in [3.8, 4) is 5.75 Å². The molecule has 0 aliphatic heterocycles. The Morgan fingerprint density at radius 2 is 0.867 bits per heavy atom. The minimum atomic E-state index is -1.54. The highest BCUT2D eigenvalue weighted by Gasteiger charge is 2.46. The van der Waals surface area contributed by atoms with Crippen molar-refractivity contribution in [3.63, 3.8) is 0 Å². The zero-order valence-electron chi connectivity index (χ0n) is 29.4. The summed E-state index contributed by atoms with van der Waals surface area (Å²) in [5.41, 5.74) is 1.42. The van der Waals surface area contributed by atoms with E-state index in [2.05, 4.69) is 0 Å². The summed E-state index contributed by atoms with van der Waals surface area (Å²) >= 11 is 0. The van der Waals surface area contributed by atoms with Gasteiger partial charge in [-0.3, -0.25) is 9.59 Å². The fourth-order valence-electron chi connectivity index (χ4n) is 5.73. The molecule has 0 aliphatic carbocycles. The van der Waals surface area contributed by atoms with Crippen LogP contribution in [-0.4, -0.2) is 57.3 Å². The molecule has 0 fully saturated rings. The Balaban J connectivity index is 3.26. The third kappa shape index (κ3) is 8.87. The zero-order chi connectivity index (χ0) is 34.9. The number of carboxylic acids is 2. The van der Waals surface area contributed by atoms with Gasteiger partial charge in [0.25, 0.3) is 0 Å². The van der Waals surface area contributed by atoms with Gasteiger partial charge < -0.3 is 30.3 Å². The normalized spacial score (nSPS) is 13.9. The summed E-state index contributed by atoms with van der Waals surface area (Å²) in [6.45, 7) is 22.4. The molecule has 0 amide bonds.